The molecular formula is C24H35FN2O2. The lowest BCUT2D eigenvalue weighted by molar-refractivity contribution is -0.148. The molecule has 0 aromatic heterocycles. The lowest BCUT2D eigenvalue weighted by Crippen LogP contribution is -2.54. The number of allylic oxidation sites excluding steroid dienone is 1. The molecule has 1 aliphatic carbocycles. The van der Waals surface area contributed by atoms with Crippen molar-refractivity contribution >= 4 is 5.91 Å². The van der Waals surface area contributed by atoms with Crippen molar-refractivity contribution in [2.24, 2.45) is 5.92 Å². The standard InChI is InChI=1S/C24H35FN2O2/c1-18(2)7-6-14-27-15-12-22(13-16-27)26-23(28)24(29,19-8-4-3-5-9-19)20-10-11-21(25)17-20/h3-5,7-9,20-22,29H,6,10-17H2,1-2H3,(H,26,28)/t20-,21+,24+/m1/s1. The molecule has 1 aromatic carbocycles. The second-order valence-electron chi connectivity index (χ2n) is 8.90. The van der Waals surface area contributed by atoms with Crippen LogP contribution in [0.1, 0.15) is 57.9 Å². The largest absolute Gasteiger partial charge is 0.375 e. The summed E-state index contributed by atoms with van der Waals surface area (Å²) in [6.45, 7) is 7.17. The van der Waals surface area contributed by atoms with Crippen molar-refractivity contribution in [2.45, 2.75) is 70.2 Å². The van der Waals surface area contributed by atoms with Crippen LogP contribution in [0.2, 0.25) is 0 Å². The highest BCUT2D eigenvalue weighted by atomic mass is 19.1. The zero-order chi connectivity index (χ0) is 20.9. The second kappa shape index (κ2) is 9.86. The number of nitrogens with zero attached hydrogens (tertiary/aromatic N) is 1. The molecule has 3 rings (SSSR count). The molecule has 1 saturated carbocycles. The number of benzene rings is 1. The molecule has 1 saturated heterocycles. The minimum atomic E-state index is -1.66. The molecule has 2 N–H and O–H groups in total. The Balaban J connectivity index is 1.62. The summed E-state index contributed by atoms with van der Waals surface area (Å²) >= 11 is 0. The van der Waals surface area contributed by atoms with Gasteiger partial charge in [0.25, 0.3) is 5.91 Å². The average Bonchev–Trinajstić information content (AvgIpc) is 3.16. The van der Waals surface area contributed by atoms with E-state index in [0.29, 0.717) is 18.4 Å². The van der Waals surface area contributed by atoms with Crippen LogP contribution in [0.15, 0.2) is 42.0 Å². The summed E-state index contributed by atoms with van der Waals surface area (Å²) < 4.78 is 13.9. The Bertz CT molecular complexity index is 696. The molecule has 0 spiro atoms. The van der Waals surface area contributed by atoms with E-state index >= 15 is 0 Å². The van der Waals surface area contributed by atoms with Gasteiger partial charge in [-0.3, -0.25) is 4.79 Å². The van der Waals surface area contributed by atoms with Gasteiger partial charge < -0.3 is 15.3 Å². The van der Waals surface area contributed by atoms with E-state index in [9.17, 15) is 14.3 Å². The van der Waals surface area contributed by atoms with Crippen LogP contribution >= 0.6 is 0 Å². The highest BCUT2D eigenvalue weighted by Gasteiger charge is 2.48. The first kappa shape index (κ1) is 22.0. The number of rotatable bonds is 7. The van der Waals surface area contributed by atoms with E-state index in [1.54, 1.807) is 12.1 Å². The normalized spacial score (nSPS) is 25.4. The number of hydrogen-bond donors (Lipinski definition) is 2. The van der Waals surface area contributed by atoms with E-state index in [0.717, 1.165) is 38.9 Å². The molecule has 2 fully saturated rings. The van der Waals surface area contributed by atoms with Crippen molar-refractivity contribution in [1.82, 2.24) is 10.2 Å². The third kappa shape index (κ3) is 5.46. The molecule has 1 aliphatic heterocycles. The third-order valence-electron chi connectivity index (χ3n) is 6.44. The van der Waals surface area contributed by atoms with Gasteiger partial charge in [-0.1, -0.05) is 42.0 Å². The Morgan fingerprint density at radius 1 is 1.21 bits per heavy atom. The summed E-state index contributed by atoms with van der Waals surface area (Å²) in [4.78, 5) is 15.7. The molecule has 2 aliphatic rings. The number of nitrogens with one attached hydrogen (secondary N) is 1. The van der Waals surface area contributed by atoms with Crippen molar-refractivity contribution < 1.29 is 14.3 Å². The SMILES string of the molecule is CC(C)=CCCN1CCC(NC(=O)[C@](O)(c2ccccc2)[C@@H]2CC[C@H](F)C2)CC1. The van der Waals surface area contributed by atoms with Crippen molar-refractivity contribution in [3.8, 4) is 0 Å². The van der Waals surface area contributed by atoms with Crippen LogP contribution in [0, 0.1) is 5.92 Å². The summed E-state index contributed by atoms with van der Waals surface area (Å²) in [5.41, 5.74) is 0.244. The predicted molar refractivity (Wildman–Crippen MR) is 114 cm³/mol. The lowest BCUT2D eigenvalue weighted by atomic mass is 9.79. The Hall–Kier alpha value is -1.72. The van der Waals surface area contributed by atoms with Crippen molar-refractivity contribution in [1.29, 1.82) is 0 Å². The number of piperidine rings is 1. The number of carbonyl (C=O) groups is 1. The van der Waals surface area contributed by atoms with Crippen molar-refractivity contribution in [2.75, 3.05) is 19.6 Å². The number of alkyl halides is 1. The fourth-order valence-electron chi connectivity index (χ4n) is 4.68. The zero-order valence-corrected chi connectivity index (χ0v) is 17.7. The van der Waals surface area contributed by atoms with Gasteiger partial charge in [-0.15, -0.1) is 0 Å². The fraction of sp³-hybridized carbons (Fsp3) is 0.625. The van der Waals surface area contributed by atoms with Gasteiger partial charge in [0.2, 0.25) is 0 Å². The maximum atomic E-state index is 13.9. The van der Waals surface area contributed by atoms with Gasteiger partial charge in [0.15, 0.2) is 5.60 Å². The van der Waals surface area contributed by atoms with E-state index in [-0.39, 0.29) is 24.3 Å². The van der Waals surface area contributed by atoms with Crippen LogP contribution in [0.3, 0.4) is 0 Å². The highest BCUT2D eigenvalue weighted by Crippen LogP contribution is 2.42. The van der Waals surface area contributed by atoms with Crippen LogP contribution in [-0.4, -0.2) is 47.8 Å². The Morgan fingerprint density at radius 2 is 1.90 bits per heavy atom. The second-order valence-corrected chi connectivity index (χ2v) is 8.90. The monoisotopic (exact) mass is 402 g/mol. The molecule has 0 radical (unpaired) electrons. The minimum absolute atomic E-state index is 0.0556. The highest BCUT2D eigenvalue weighted by molar-refractivity contribution is 5.87. The number of aliphatic hydroxyl groups is 1. The molecule has 29 heavy (non-hydrogen) atoms. The van der Waals surface area contributed by atoms with E-state index in [1.165, 1.54) is 5.57 Å². The predicted octanol–water partition coefficient (Wildman–Crippen LogP) is 3.95. The molecule has 4 nitrogen and oxygen atoms in total. The van der Waals surface area contributed by atoms with Gasteiger partial charge >= 0.3 is 0 Å². The van der Waals surface area contributed by atoms with E-state index in [2.05, 4.69) is 30.1 Å². The maximum absolute atomic E-state index is 13.9. The topological polar surface area (TPSA) is 52.6 Å². The first-order valence-corrected chi connectivity index (χ1v) is 11.0. The Kier molecular flexibility index (Phi) is 7.47. The lowest BCUT2D eigenvalue weighted by Gasteiger charge is -2.37. The van der Waals surface area contributed by atoms with Gasteiger partial charge in [-0.25, -0.2) is 4.39 Å². The Labute approximate surface area is 174 Å². The van der Waals surface area contributed by atoms with Gasteiger partial charge in [0.1, 0.15) is 6.17 Å². The number of likely N-dealkylation sites (tertiary alicyclic amines) is 1. The van der Waals surface area contributed by atoms with Crippen LogP contribution in [0.4, 0.5) is 4.39 Å². The number of amides is 1. The average molecular weight is 403 g/mol. The van der Waals surface area contributed by atoms with Gasteiger partial charge in [-0.2, -0.15) is 0 Å². The van der Waals surface area contributed by atoms with E-state index in [1.807, 2.05) is 18.2 Å². The summed E-state index contributed by atoms with van der Waals surface area (Å²) in [6, 6.07) is 9.11. The summed E-state index contributed by atoms with van der Waals surface area (Å²) in [5.74, 6) is -0.755. The van der Waals surface area contributed by atoms with Crippen LogP contribution in [-0.2, 0) is 10.4 Å². The molecule has 1 aromatic rings. The van der Waals surface area contributed by atoms with Crippen LogP contribution in [0.5, 0.6) is 0 Å². The molecule has 1 amide bonds. The first-order valence-electron chi connectivity index (χ1n) is 11.0. The number of hydrogen-bond acceptors (Lipinski definition) is 3. The summed E-state index contributed by atoms with van der Waals surface area (Å²) in [6.07, 6.45) is 5.31. The first-order chi connectivity index (χ1) is 13.9. The maximum Gasteiger partial charge on any atom is 0.257 e. The van der Waals surface area contributed by atoms with E-state index in [4.69, 9.17) is 0 Å². The summed E-state index contributed by atoms with van der Waals surface area (Å²) in [5, 5.41) is 14.6. The number of halogens is 1. The van der Waals surface area contributed by atoms with Crippen molar-refractivity contribution in [3.05, 3.63) is 47.5 Å². The third-order valence-corrected chi connectivity index (χ3v) is 6.44. The van der Waals surface area contributed by atoms with Crippen LogP contribution in [0.25, 0.3) is 0 Å². The summed E-state index contributed by atoms with van der Waals surface area (Å²) in [7, 11) is 0. The zero-order valence-electron chi connectivity index (χ0n) is 17.7. The van der Waals surface area contributed by atoms with Crippen LogP contribution < -0.4 is 5.32 Å². The molecule has 5 heteroatoms. The molecule has 0 unspecified atom stereocenters. The fourth-order valence-corrected chi connectivity index (χ4v) is 4.68. The van der Waals surface area contributed by atoms with Gasteiger partial charge in [0.05, 0.1) is 0 Å². The molecule has 3 atom stereocenters. The van der Waals surface area contributed by atoms with Gasteiger partial charge in [-0.05, 0) is 57.9 Å². The quantitative estimate of drug-likeness (QED) is 0.679. The van der Waals surface area contributed by atoms with Gasteiger partial charge in [0, 0.05) is 31.6 Å². The van der Waals surface area contributed by atoms with Crippen molar-refractivity contribution in [3.63, 3.8) is 0 Å². The smallest absolute Gasteiger partial charge is 0.257 e. The molecular weight excluding hydrogens is 367 g/mol. The van der Waals surface area contributed by atoms with E-state index < -0.39 is 11.8 Å². The minimum Gasteiger partial charge on any atom is -0.375 e. The number of carbonyl (C=O) groups excluding carboxylic acids is 1. The Morgan fingerprint density at radius 3 is 2.48 bits per heavy atom. The molecule has 0 bridgehead atoms. The molecule has 160 valence electrons. The molecule has 1 heterocycles.